The molecule has 2 heteroatoms. The van der Waals surface area contributed by atoms with E-state index >= 15 is 0 Å². The maximum Gasteiger partial charge on any atom is 0.119 e. The molecule has 0 spiro atoms. The summed E-state index contributed by atoms with van der Waals surface area (Å²) in [5.74, 6) is 0.920. The van der Waals surface area contributed by atoms with Gasteiger partial charge in [0.1, 0.15) is 12.4 Å². The average molecular weight is 269 g/mol. The lowest BCUT2D eigenvalue weighted by Crippen LogP contribution is -2.19. The van der Waals surface area contributed by atoms with E-state index in [1.807, 2.05) is 18.2 Å². The number of rotatable bonds is 7. The van der Waals surface area contributed by atoms with Crippen LogP contribution in [0.4, 0.5) is 0 Å². The van der Waals surface area contributed by atoms with E-state index in [4.69, 9.17) is 4.74 Å². The summed E-state index contributed by atoms with van der Waals surface area (Å²) in [5.41, 5.74) is 2.51. The van der Waals surface area contributed by atoms with Crippen molar-refractivity contribution in [1.29, 1.82) is 0 Å². The first-order chi connectivity index (χ1) is 9.83. The molecule has 0 heterocycles. The molecule has 1 N–H and O–H groups in total. The monoisotopic (exact) mass is 269 g/mol. The maximum absolute atomic E-state index is 5.80. The van der Waals surface area contributed by atoms with Crippen molar-refractivity contribution in [1.82, 2.24) is 5.32 Å². The fourth-order valence-electron chi connectivity index (χ4n) is 2.28. The largest absolute Gasteiger partial charge is 0.489 e. The van der Waals surface area contributed by atoms with E-state index in [0.717, 1.165) is 18.7 Å². The Morgan fingerprint density at radius 1 is 0.950 bits per heavy atom. The molecule has 0 amide bonds. The lowest BCUT2D eigenvalue weighted by molar-refractivity contribution is 0.306. The van der Waals surface area contributed by atoms with Gasteiger partial charge in [-0.3, -0.25) is 0 Å². The molecule has 2 aromatic carbocycles. The van der Waals surface area contributed by atoms with Gasteiger partial charge in [-0.1, -0.05) is 56.3 Å². The third-order valence-electron chi connectivity index (χ3n) is 3.39. The van der Waals surface area contributed by atoms with E-state index < -0.39 is 0 Å². The molecule has 0 saturated heterocycles. The highest BCUT2D eigenvalue weighted by Gasteiger charge is 2.07. The van der Waals surface area contributed by atoms with Crippen molar-refractivity contribution in [3.63, 3.8) is 0 Å². The summed E-state index contributed by atoms with van der Waals surface area (Å²) >= 11 is 0. The van der Waals surface area contributed by atoms with Crippen LogP contribution in [0.5, 0.6) is 5.75 Å². The maximum atomic E-state index is 5.80. The molecule has 2 rings (SSSR count). The molecule has 0 aliphatic carbocycles. The van der Waals surface area contributed by atoms with E-state index in [1.54, 1.807) is 0 Å². The summed E-state index contributed by atoms with van der Waals surface area (Å²) in [7, 11) is 0. The summed E-state index contributed by atoms with van der Waals surface area (Å²) in [6, 6.07) is 19.1. The predicted octanol–water partition coefficient (Wildman–Crippen LogP) is 4.33. The van der Waals surface area contributed by atoms with Crippen LogP contribution >= 0.6 is 0 Å². The van der Waals surface area contributed by atoms with E-state index in [-0.39, 0.29) is 0 Å². The Morgan fingerprint density at radius 3 is 2.25 bits per heavy atom. The second kappa shape index (κ2) is 7.71. The number of nitrogens with one attached hydrogen (secondary N) is 1. The zero-order valence-corrected chi connectivity index (χ0v) is 12.3. The van der Waals surface area contributed by atoms with Crippen molar-refractivity contribution in [3.8, 4) is 5.75 Å². The minimum atomic E-state index is 0.433. The van der Waals surface area contributed by atoms with Crippen molar-refractivity contribution in [2.24, 2.45) is 0 Å². The molecule has 0 saturated carbocycles. The van der Waals surface area contributed by atoms with Crippen LogP contribution in [-0.4, -0.2) is 6.54 Å². The van der Waals surface area contributed by atoms with Crippen LogP contribution in [0.2, 0.25) is 0 Å². The Hall–Kier alpha value is -1.80. The Balaban J connectivity index is 1.94. The Labute approximate surface area is 121 Å². The highest BCUT2D eigenvalue weighted by Crippen LogP contribution is 2.20. The first kappa shape index (κ1) is 14.6. The number of benzene rings is 2. The molecule has 1 unspecified atom stereocenters. The van der Waals surface area contributed by atoms with Crippen LogP contribution in [-0.2, 0) is 6.61 Å². The average Bonchev–Trinajstić information content (AvgIpc) is 2.52. The number of hydrogen-bond donors (Lipinski definition) is 1. The van der Waals surface area contributed by atoms with Gasteiger partial charge in [-0.15, -0.1) is 0 Å². The highest BCUT2D eigenvalue weighted by molar-refractivity contribution is 5.29. The molecule has 0 aliphatic rings. The quantitative estimate of drug-likeness (QED) is 0.808. The fraction of sp³-hybridized carbons (Fsp3) is 0.333. The van der Waals surface area contributed by atoms with E-state index in [2.05, 4.69) is 55.6 Å². The molecular weight excluding hydrogens is 246 g/mol. The zero-order valence-electron chi connectivity index (χ0n) is 12.3. The van der Waals surface area contributed by atoms with Gasteiger partial charge in [-0.05, 0) is 36.2 Å². The molecule has 0 bridgehead atoms. The van der Waals surface area contributed by atoms with Crippen molar-refractivity contribution in [2.45, 2.75) is 32.9 Å². The summed E-state index contributed by atoms with van der Waals surface area (Å²) in [6.45, 7) is 5.95. The van der Waals surface area contributed by atoms with Gasteiger partial charge in [-0.2, -0.15) is 0 Å². The summed E-state index contributed by atoms with van der Waals surface area (Å²) in [4.78, 5) is 0. The van der Waals surface area contributed by atoms with Crippen molar-refractivity contribution in [3.05, 3.63) is 65.7 Å². The fourth-order valence-corrected chi connectivity index (χ4v) is 2.28. The van der Waals surface area contributed by atoms with Crippen LogP contribution in [0.15, 0.2) is 54.6 Å². The molecule has 0 aromatic heterocycles. The topological polar surface area (TPSA) is 21.3 Å². The Bertz CT molecular complexity index is 493. The molecule has 0 aliphatic heterocycles. The predicted molar refractivity (Wildman–Crippen MR) is 83.9 cm³/mol. The van der Waals surface area contributed by atoms with E-state index in [9.17, 15) is 0 Å². The van der Waals surface area contributed by atoms with Crippen molar-refractivity contribution < 1.29 is 4.74 Å². The number of ether oxygens (including phenoxy) is 1. The lowest BCUT2D eigenvalue weighted by atomic mass is 10.0. The third-order valence-corrected chi connectivity index (χ3v) is 3.39. The molecule has 1 atom stereocenters. The lowest BCUT2D eigenvalue weighted by Gasteiger charge is -2.16. The Morgan fingerprint density at radius 2 is 1.65 bits per heavy atom. The normalized spacial score (nSPS) is 12.1. The molecule has 106 valence electrons. The van der Waals surface area contributed by atoms with E-state index in [1.165, 1.54) is 11.1 Å². The third kappa shape index (κ3) is 4.10. The minimum Gasteiger partial charge on any atom is -0.489 e. The van der Waals surface area contributed by atoms with Gasteiger partial charge in [0.25, 0.3) is 0 Å². The van der Waals surface area contributed by atoms with Crippen molar-refractivity contribution in [2.75, 3.05) is 6.54 Å². The molecular formula is C18H23NO. The van der Waals surface area contributed by atoms with Gasteiger partial charge in [-0.25, -0.2) is 0 Å². The van der Waals surface area contributed by atoms with Gasteiger partial charge in [0.15, 0.2) is 0 Å². The highest BCUT2D eigenvalue weighted by atomic mass is 16.5. The molecule has 2 aromatic rings. The van der Waals surface area contributed by atoms with Crippen LogP contribution in [0.1, 0.15) is 37.4 Å². The molecule has 0 fully saturated rings. The smallest absolute Gasteiger partial charge is 0.119 e. The summed E-state index contributed by atoms with van der Waals surface area (Å²) in [6.07, 6.45) is 1.10. The molecule has 20 heavy (non-hydrogen) atoms. The van der Waals surface area contributed by atoms with Crippen LogP contribution in [0, 0.1) is 0 Å². The van der Waals surface area contributed by atoms with Crippen LogP contribution in [0.25, 0.3) is 0 Å². The summed E-state index contributed by atoms with van der Waals surface area (Å²) in [5, 5.41) is 3.49. The zero-order chi connectivity index (χ0) is 14.2. The van der Waals surface area contributed by atoms with E-state index in [0.29, 0.717) is 12.6 Å². The molecule has 0 radical (unpaired) electrons. The van der Waals surface area contributed by atoms with Gasteiger partial charge in [0, 0.05) is 6.04 Å². The van der Waals surface area contributed by atoms with Crippen molar-refractivity contribution >= 4 is 0 Å². The van der Waals surface area contributed by atoms with Gasteiger partial charge < -0.3 is 10.1 Å². The standard InChI is InChI=1S/C18H23NO/c1-3-18(19-4-2)16-10-12-17(13-11-16)20-14-15-8-6-5-7-9-15/h5-13,18-19H,3-4,14H2,1-2H3. The second-order valence-corrected chi connectivity index (χ2v) is 4.86. The molecule has 2 nitrogen and oxygen atoms in total. The SMILES string of the molecule is CCNC(CC)c1ccc(OCc2ccccc2)cc1. The first-order valence-corrected chi connectivity index (χ1v) is 7.33. The van der Waals surface area contributed by atoms with Crippen LogP contribution in [0.3, 0.4) is 0 Å². The Kier molecular flexibility index (Phi) is 5.63. The summed E-state index contributed by atoms with van der Waals surface area (Å²) < 4.78 is 5.80. The minimum absolute atomic E-state index is 0.433. The second-order valence-electron chi connectivity index (χ2n) is 4.86. The van der Waals surface area contributed by atoms with Gasteiger partial charge >= 0.3 is 0 Å². The van der Waals surface area contributed by atoms with Gasteiger partial charge in [0.05, 0.1) is 0 Å². The van der Waals surface area contributed by atoms with Crippen LogP contribution < -0.4 is 10.1 Å². The van der Waals surface area contributed by atoms with Gasteiger partial charge in [0.2, 0.25) is 0 Å². The first-order valence-electron chi connectivity index (χ1n) is 7.33. The number of hydrogen-bond acceptors (Lipinski definition) is 2.